The Morgan fingerprint density at radius 2 is 1.87 bits per heavy atom. The summed E-state index contributed by atoms with van der Waals surface area (Å²) in [5.74, 6) is -0.116. The Morgan fingerprint density at radius 3 is 2.48 bits per heavy atom. The van der Waals surface area contributed by atoms with Crippen LogP contribution in [0.15, 0.2) is 30.3 Å². The van der Waals surface area contributed by atoms with E-state index in [2.05, 4.69) is 10.1 Å². The van der Waals surface area contributed by atoms with Crippen molar-refractivity contribution in [3.63, 3.8) is 0 Å². The van der Waals surface area contributed by atoms with Crippen molar-refractivity contribution in [1.29, 1.82) is 0 Å². The van der Waals surface area contributed by atoms with Gasteiger partial charge in [-0.3, -0.25) is 4.68 Å². The maximum Gasteiger partial charge on any atom is 0.264 e. The van der Waals surface area contributed by atoms with E-state index in [1.165, 1.54) is 30.3 Å². The van der Waals surface area contributed by atoms with E-state index < -0.39 is 6.43 Å². The second-order valence-electron chi connectivity index (χ2n) is 5.89. The highest BCUT2D eigenvalue weighted by Gasteiger charge is 2.32. The Hall–Kier alpha value is -2.37. The second kappa shape index (κ2) is 5.08. The van der Waals surface area contributed by atoms with Crippen molar-refractivity contribution >= 4 is 11.0 Å². The maximum atomic E-state index is 13.6. The number of aromatic nitrogens is 3. The molecule has 1 fully saturated rings. The van der Waals surface area contributed by atoms with Gasteiger partial charge < -0.3 is 0 Å². The summed E-state index contributed by atoms with van der Waals surface area (Å²) in [7, 11) is 1.71. The lowest BCUT2D eigenvalue weighted by Crippen LogP contribution is -1.96. The van der Waals surface area contributed by atoms with Gasteiger partial charge in [0.1, 0.15) is 5.82 Å². The van der Waals surface area contributed by atoms with Crippen molar-refractivity contribution in [3.05, 3.63) is 47.4 Å². The molecule has 0 spiro atoms. The summed E-state index contributed by atoms with van der Waals surface area (Å²) in [5.41, 5.74) is 2.12. The van der Waals surface area contributed by atoms with Gasteiger partial charge in [-0.15, -0.1) is 0 Å². The van der Waals surface area contributed by atoms with E-state index in [1.807, 2.05) is 0 Å². The molecule has 118 valence electrons. The summed E-state index contributed by atoms with van der Waals surface area (Å²) in [5, 5.41) is 4.87. The van der Waals surface area contributed by atoms with Crippen LogP contribution in [-0.2, 0) is 7.05 Å². The van der Waals surface area contributed by atoms with Gasteiger partial charge in [0.25, 0.3) is 6.43 Å². The Balaban J connectivity index is 1.97. The number of alkyl halides is 2. The standard InChI is InChI=1S/C17H14F3N3/c1-23-17-14(15(22-23)10-2-3-10)12(16(19)20)8-13(21-17)9-4-6-11(18)7-5-9/h4-8,10,16H,2-3H2,1H3. The molecule has 1 aliphatic rings. The Labute approximate surface area is 130 Å². The number of nitrogens with zero attached hydrogens (tertiary/aromatic N) is 3. The van der Waals surface area contributed by atoms with Crippen LogP contribution in [0.3, 0.4) is 0 Å². The number of rotatable bonds is 3. The van der Waals surface area contributed by atoms with Gasteiger partial charge in [0.15, 0.2) is 5.65 Å². The molecule has 0 aliphatic heterocycles. The number of fused-ring (bicyclic) bond motifs is 1. The van der Waals surface area contributed by atoms with Crippen LogP contribution in [0.25, 0.3) is 22.3 Å². The van der Waals surface area contributed by atoms with E-state index in [-0.39, 0.29) is 17.3 Å². The minimum absolute atomic E-state index is 0.0516. The minimum Gasteiger partial charge on any atom is -0.250 e. The first kappa shape index (κ1) is 14.2. The molecule has 0 bridgehead atoms. The number of hydrogen-bond donors (Lipinski definition) is 0. The number of halogens is 3. The molecule has 1 aliphatic carbocycles. The van der Waals surface area contributed by atoms with Gasteiger partial charge in [-0.1, -0.05) is 0 Å². The van der Waals surface area contributed by atoms with Gasteiger partial charge in [-0.25, -0.2) is 18.2 Å². The molecule has 1 saturated carbocycles. The Bertz CT molecular complexity index is 880. The Morgan fingerprint density at radius 1 is 1.17 bits per heavy atom. The fraction of sp³-hybridized carbons (Fsp3) is 0.294. The topological polar surface area (TPSA) is 30.7 Å². The number of aryl methyl sites for hydroxylation is 1. The van der Waals surface area contributed by atoms with Crippen LogP contribution in [0.5, 0.6) is 0 Å². The highest BCUT2D eigenvalue weighted by molar-refractivity contribution is 5.86. The van der Waals surface area contributed by atoms with Gasteiger partial charge in [0.05, 0.1) is 16.8 Å². The predicted octanol–water partition coefficient (Wildman–Crippen LogP) is 4.59. The lowest BCUT2D eigenvalue weighted by molar-refractivity contribution is 0.153. The molecule has 1 aromatic carbocycles. The van der Waals surface area contributed by atoms with Crippen molar-refractivity contribution in [3.8, 4) is 11.3 Å². The van der Waals surface area contributed by atoms with E-state index in [9.17, 15) is 13.2 Å². The van der Waals surface area contributed by atoms with Crippen LogP contribution >= 0.6 is 0 Å². The summed E-state index contributed by atoms with van der Waals surface area (Å²) in [6.07, 6.45) is -0.648. The van der Waals surface area contributed by atoms with E-state index >= 15 is 0 Å². The third-order valence-electron chi connectivity index (χ3n) is 4.19. The molecule has 4 rings (SSSR count). The van der Waals surface area contributed by atoms with E-state index in [0.717, 1.165) is 18.5 Å². The summed E-state index contributed by atoms with van der Waals surface area (Å²) in [6.45, 7) is 0. The van der Waals surface area contributed by atoms with Crippen LogP contribution < -0.4 is 0 Å². The summed E-state index contributed by atoms with van der Waals surface area (Å²) in [6, 6.07) is 7.06. The molecule has 6 heteroatoms. The molecule has 0 amide bonds. The second-order valence-corrected chi connectivity index (χ2v) is 5.89. The summed E-state index contributed by atoms with van der Waals surface area (Å²) >= 11 is 0. The average Bonchev–Trinajstić information content (AvgIpc) is 3.32. The van der Waals surface area contributed by atoms with Gasteiger partial charge in [-0.05, 0) is 43.2 Å². The third kappa shape index (κ3) is 2.38. The van der Waals surface area contributed by atoms with Crippen LogP contribution in [-0.4, -0.2) is 14.8 Å². The smallest absolute Gasteiger partial charge is 0.250 e. The molecule has 2 aromatic heterocycles. The molecular weight excluding hydrogens is 303 g/mol. The SMILES string of the molecule is Cn1nc(C2CC2)c2c(C(F)F)cc(-c3ccc(F)cc3)nc21. The zero-order valence-corrected chi connectivity index (χ0v) is 12.4. The van der Waals surface area contributed by atoms with Crippen molar-refractivity contribution < 1.29 is 13.2 Å². The molecule has 0 unspecified atom stereocenters. The number of hydrogen-bond acceptors (Lipinski definition) is 2. The minimum atomic E-state index is -2.61. The van der Waals surface area contributed by atoms with Gasteiger partial charge >= 0.3 is 0 Å². The average molecular weight is 317 g/mol. The van der Waals surface area contributed by atoms with Crippen LogP contribution in [0.1, 0.15) is 36.4 Å². The number of pyridine rings is 1. The lowest BCUT2D eigenvalue weighted by Gasteiger charge is -2.08. The lowest BCUT2D eigenvalue weighted by atomic mass is 10.0. The van der Waals surface area contributed by atoms with Gasteiger partial charge in [0, 0.05) is 24.1 Å². The van der Waals surface area contributed by atoms with E-state index in [4.69, 9.17) is 0 Å². The first-order valence-electron chi connectivity index (χ1n) is 7.46. The van der Waals surface area contributed by atoms with E-state index in [1.54, 1.807) is 11.7 Å². The molecule has 0 radical (unpaired) electrons. The fourth-order valence-electron chi connectivity index (χ4n) is 2.89. The van der Waals surface area contributed by atoms with Crippen molar-refractivity contribution in [1.82, 2.24) is 14.8 Å². The molecule has 0 saturated heterocycles. The highest BCUT2D eigenvalue weighted by Crippen LogP contribution is 2.44. The summed E-state index contributed by atoms with van der Waals surface area (Å²) in [4.78, 5) is 4.49. The van der Waals surface area contributed by atoms with Crippen molar-refractivity contribution in [2.75, 3.05) is 0 Å². The number of benzene rings is 1. The maximum absolute atomic E-state index is 13.6. The van der Waals surface area contributed by atoms with Crippen molar-refractivity contribution in [2.45, 2.75) is 25.2 Å². The van der Waals surface area contributed by atoms with Crippen molar-refractivity contribution in [2.24, 2.45) is 7.05 Å². The molecule has 2 heterocycles. The molecule has 3 nitrogen and oxygen atoms in total. The third-order valence-corrected chi connectivity index (χ3v) is 4.19. The van der Waals surface area contributed by atoms with E-state index in [0.29, 0.717) is 22.3 Å². The normalized spacial score (nSPS) is 14.8. The molecule has 0 atom stereocenters. The fourth-order valence-corrected chi connectivity index (χ4v) is 2.89. The van der Waals surface area contributed by atoms with Crippen LogP contribution in [0, 0.1) is 5.82 Å². The zero-order chi connectivity index (χ0) is 16.1. The monoisotopic (exact) mass is 317 g/mol. The highest BCUT2D eigenvalue weighted by atomic mass is 19.3. The first-order valence-corrected chi connectivity index (χ1v) is 7.46. The molecular formula is C17H14F3N3. The first-order chi connectivity index (χ1) is 11.0. The molecule has 23 heavy (non-hydrogen) atoms. The van der Waals surface area contributed by atoms with Crippen LogP contribution in [0.4, 0.5) is 13.2 Å². The van der Waals surface area contributed by atoms with Crippen LogP contribution in [0.2, 0.25) is 0 Å². The summed E-state index contributed by atoms with van der Waals surface area (Å²) < 4.78 is 41.8. The molecule has 3 aromatic rings. The van der Waals surface area contributed by atoms with Gasteiger partial charge in [0.2, 0.25) is 0 Å². The largest absolute Gasteiger partial charge is 0.264 e. The Kier molecular flexibility index (Phi) is 3.14. The van der Waals surface area contributed by atoms with Gasteiger partial charge in [-0.2, -0.15) is 5.10 Å². The predicted molar refractivity (Wildman–Crippen MR) is 80.8 cm³/mol. The molecule has 0 N–H and O–H groups in total. The zero-order valence-electron chi connectivity index (χ0n) is 12.4. The quantitative estimate of drug-likeness (QED) is 0.707.